The second-order valence-corrected chi connectivity index (χ2v) is 4.72. The molecule has 16 heavy (non-hydrogen) atoms. The van der Waals surface area contributed by atoms with Gasteiger partial charge in [-0.05, 0) is 24.8 Å². The molecular formula is C12H18ClFN2. The highest BCUT2D eigenvalue weighted by Crippen LogP contribution is 2.26. The molecule has 0 spiro atoms. The molecule has 0 saturated heterocycles. The monoisotopic (exact) mass is 244 g/mol. The minimum atomic E-state index is -0.442. The zero-order valence-corrected chi connectivity index (χ0v) is 10.4. The fraction of sp³-hybridized carbons (Fsp3) is 0.500. The zero-order valence-electron chi connectivity index (χ0n) is 9.69. The Labute approximate surface area is 101 Å². The summed E-state index contributed by atoms with van der Waals surface area (Å²) in [5.41, 5.74) is 6.82. The Balaban J connectivity index is 2.51. The predicted octanol–water partition coefficient (Wildman–Crippen LogP) is 3.91. The summed E-state index contributed by atoms with van der Waals surface area (Å²) in [6, 6.07) is 2.77. The highest BCUT2D eigenvalue weighted by molar-refractivity contribution is 6.31. The first-order valence-corrected chi connectivity index (χ1v) is 5.87. The molecule has 1 aromatic carbocycles. The van der Waals surface area contributed by atoms with Gasteiger partial charge >= 0.3 is 0 Å². The van der Waals surface area contributed by atoms with Gasteiger partial charge < -0.3 is 11.1 Å². The van der Waals surface area contributed by atoms with Gasteiger partial charge in [0, 0.05) is 12.6 Å². The number of hydrogen-bond donors (Lipinski definition) is 2. The standard InChI is InChI=1S/C12H18ClFN2/c1-8(2)4-3-5-16-12-7-10(14)9(13)6-11(12)15/h6-8,16H,3-5,15H2,1-2H3. The van der Waals surface area contributed by atoms with E-state index in [9.17, 15) is 4.39 Å². The van der Waals surface area contributed by atoms with Gasteiger partial charge in [-0.1, -0.05) is 25.4 Å². The van der Waals surface area contributed by atoms with Crippen molar-refractivity contribution in [2.75, 3.05) is 17.6 Å². The van der Waals surface area contributed by atoms with Gasteiger partial charge in [-0.3, -0.25) is 0 Å². The third kappa shape index (κ3) is 3.89. The Hall–Kier alpha value is -0.960. The lowest BCUT2D eigenvalue weighted by Crippen LogP contribution is -2.05. The summed E-state index contributed by atoms with van der Waals surface area (Å²) < 4.78 is 13.2. The first-order chi connectivity index (χ1) is 7.50. The van der Waals surface area contributed by atoms with Crippen LogP contribution in [0.1, 0.15) is 26.7 Å². The Kier molecular flexibility index (Phi) is 4.87. The second kappa shape index (κ2) is 5.94. The normalized spacial score (nSPS) is 10.8. The summed E-state index contributed by atoms with van der Waals surface area (Å²) >= 11 is 5.61. The molecule has 0 radical (unpaired) electrons. The van der Waals surface area contributed by atoms with Crippen LogP contribution in [0.4, 0.5) is 15.8 Å². The molecule has 2 nitrogen and oxygen atoms in total. The summed E-state index contributed by atoms with van der Waals surface area (Å²) in [4.78, 5) is 0. The molecule has 0 aliphatic carbocycles. The van der Waals surface area contributed by atoms with E-state index in [1.807, 2.05) is 0 Å². The van der Waals surface area contributed by atoms with Crippen LogP contribution in [0.25, 0.3) is 0 Å². The molecule has 4 heteroatoms. The van der Waals surface area contributed by atoms with Crippen molar-refractivity contribution in [1.82, 2.24) is 0 Å². The maximum Gasteiger partial charge on any atom is 0.143 e. The SMILES string of the molecule is CC(C)CCCNc1cc(F)c(Cl)cc1N. The summed E-state index contributed by atoms with van der Waals surface area (Å²) in [6.07, 6.45) is 2.18. The average Bonchev–Trinajstić information content (AvgIpc) is 2.19. The Bertz CT molecular complexity index is 353. The van der Waals surface area contributed by atoms with E-state index in [0.29, 0.717) is 17.3 Å². The molecule has 0 aliphatic rings. The molecule has 0 bridgehead atoms. The molecule has 0 saturated carbocycles. The number of rotatable bonds is 5. The van der Waals surface area contributed by atoms with Crippen molar-refractivity contribution in [3.8, 4) is 0 Å². The number of nitrogens with one attached hydrogen (secondary N) is 1. The van der Waals surface area contributed by atoms with E-state index < -0.39 is 5.82 Å². The molecule has 0 amide bonds. The van der Waals surface area contributed by atoms with Crippen molar-refractivity contribution < 1.29 is 4.39 Å². The molecule has 0 unspecified atom stereocenters. The third-order valence-electron chi connectivity index (χ3n) is 2.37. The van der Waals surface area contributed by atoms with Crippen LogP contribution in [0.2, 0.25) is 5.02 Å². The Morgan fingerprint density at radius 3 is 2.75 bits per heavy atom. The van der Waals surface area contributed by atoms with E-state index in [1.165, 1.54) is 12.1 Å². The molecule has 1 aromatic rings. The lowest BCUT2D eigenvalue weighted by molar-refractivity contribution is 0.567. The van der Waals surface area contributed by atoms with Crippen molar-refractivity contribution in [2.45, 2.75) is 26.7 Å². The van der Waals surface area contributed by atoms with Crippen molar-refractivity contribution in [3.05, 3.63) is 23.0 Å². The van der Waals surface area contributed by atoms with Crippen molar-refractivity contribution in [1.29, 1.82) is 0 Å². The first kappa shape index (κ1) is 13.1. The van der Waals surface area contributed by atoms with E-state index in [0.717, 1.165) is 19.4 Å². The number of anilines is 2. The van der Waals surface area contributed by atoms with E-state index in [4.69, 9.17) is 17.3 Å². The van der Waals surface area contributed by atoms with E-state index in [1.54, 1.807) is 0 Å². The number of benzene rings is 1. The van der Waals surface area contributed by atoms with Crippen LogP contribution < -0.4 is 11.1 Å². The van der Waals surface area contributed by atoms with Crippen LogP contribution in [0.3, 0.4) is 0 Å². The fourth-order valence-corrected chi connectivity index (χ4v) is 1.62. The minimum absolute atomic E-state index is 0.0604. The lowest BCUT2D eigenvalue weighted by atomic mass is 10.1. The van der Waals surface area contributed by atoms with Crippen LogP contribution in [0.5, 0.6) is 0 Å². The van der Waals surface area contributed by atoms with Gasteiger partial charge in [0.15, 0.2) is 0 Å². The zero-order chi connectivity index (χ0) is 12.1. The Morgan fingerprint density at radius 1 is 1.44 bits per heavy atom. The fourth-order valence-electron chi connectivity index (χ4n) is 1.45. The highest BCUT2D eigenvalue weighted by Gasteiger charge is 2.05. The predicted molar refractivity (Wildman–Crippen MR) is 68.4 cm³/mol. The smallest absolute Gasteiger partial charge is 0.143 e. The topological polar surface area (TPSA) is 38.0 Å². The molecule has 0 aromatic heterocycles. The molecule has 1 rings (SSSR count). The van der Waals surface area contributed by atoms with Crippen LogP contribution in [0.15, 0.2) is 12.1 Å². The minimum Gasteiger partial charge on any atom is -0.397 e. The van der Waals surface area contributed by atoms with Crippen molar-refractivity contribution in [2.24, 2.45) is 5.92 Å². The average molecular weight is 245 g/mol. The van der Waals surface area contributed by atoms with Gasteiger partial charge in [0.05, 0.1) is 16.4 Å². The van der Waals surface area contributed by atoms with Gasteiger partial charge in [0.2, 0.25) is 0 Å². The number of hydrogen-bond acceptors (Lipinski definition) is 2. The van der Waals surface area contributed by atoms with Crippen LogP contribution in [-0.2, 0) is 0 Å². The maximum atomic E-state index is 13.2. The van der Waals surface area contributed by atoms with Crippen LogP contribution >= 0.6 is 11.6 Å². The van der Waals surface area contributed by atoms with Crippen LogP contribution in [-0.4, -0.2) is 6.54 Å². The molecule has 0 atom stereocenters. The van der Waals surface area contributed by atoms with E-state index in [2.05, 4.69) is 19.2 Å². The van der Waals surface area contributed by atoms with Gasteiger partial charge in [-0.15, -0.1) is 0 Å². The number of halogens is 2. The molecule has 0 heterocycles. The third-order valence-corrected chi connectivity index (χ3v) is 2.66. The summed E-state index contributed by atoms with van der Waals surface area (Å²) in [6.45, 7) is 5.15. The van der Waals surface area contributed by atoms with E-state index >= 15 is 0 Å². The lowest BCUT2D eigenvalue weighted by Gasteiger charge is -2.11. The van der Waals surface area contributed by atoms with E-state index in [-0.39, 0.29) is 5.02 Å². The van der Waals surface area contributed by atoms with Crippen molar-refractivity contribution in [3.63, 3.8) is 0 Å². The second-order valence-electron chi connectivity index (χ2n) is 4.32. The summed E-state index contributed by atoms with van der Waals surface area (Å²) in [5.74, 6) is 0.239. The first-order valence-electron chi connectivity index (χ1n) is 5.49. The number of nitrogens with two attached hydrogens (primary N) is 1. The van der Waals surface area contributed by atoms with Crippen LogP contribution in [0, 0.1) is 11.7 Å². The molecular weight excluding hydrogens is 227 g/mol. The van der Waals surface area contributed by atoms with Gasteiger partial charge in [-0.2, -0.15) is 0 Å². The molecule has 90 valence electrons. The molecule has 3 N–H and O–H groups in total. The summed E-state index contributed by atoms with van der Waals surface area (Å²) in [7, 11) is 0. The molecule has 0 aliphatic heterocycles. The Morgan fingerprint density at radius 2 is 2.12 bits per heavy atom. The van der Waals surface area contributed by atoms with Gasteiger partial charge in [0.1, 0.15) is 5.82 Å². The summed E-state index contributed by atoms with van der Waals surface area (Å²) in [5, 5.41) is 3.17. The van der Waals surface area contributed by atoms with Gasteiger partial charge in [0.25, 0.3) is 0 Å². The molecule has 0 fully saturated rings. The largest absolute Gasteiger partial charge is 0.397 e. The van der Waals surface area contributed by atoms with Crippen molar-refractivity contribution >= 4 is 23.0 Å². The maximum absolute atomic E-state index is 13.2. The number of nitrogen functional groups attached to an aromatic ring is 1. The van der Waals surface area contributed by atoms with Gasteiger partial charge in [-0.25, -0.2) is 4.39 Å². The quantitative estimate of drug-likeness (QED) is 0.609. The highest BCUT2D eigenvalue weighted by atomic mass is 35.5.